The second-order valence-electron chi connectivity index (χ2n) is 5.77. The Kier molecular flexibility index (Phi) is 4.14. The maximum atomic E-state index is 13.1. The van der Waals surface area contributed by atoms with Gasteiger partial charge in [-0.15, -0.1) is 0 Å². The molecule has 6 heteroatoms. The molecular weight excluding hydrogens is 353 g/mol. The van der Waals surface area contributed by atoms with Crippen molar-refractivity contribution < 1.29 is 9.18 Å². The molecule has 0 fully saturated rings. The first-order valence-corrected chi connectivity index (χ1v) is 8.29. The number of benzene rings is 3. The number of aromatic amines is 1. The first-order chi connectivity index (χ1) is 12.6. The van der Waals surface area contributed by atoms with Crippen LogP contribution < -0.4 is 5.32 Å². The molecule has 128 valence electrons. The number of H-pyrrole nitrogens is 1. The molecule has 1 amide bonds. The van der Waals surface area contributed by atoms with Crippen molar-refractivity contribution in [3.63, 3.8) is 0 Å². The minimum absolute atomic E-state index is 0.132. The molecule has 0 radical (unpaired) electrons. The minimum Gasteiger partial charge on any atom is -0.319 e. The van der Waals surface area contributed by atoms with Crippen molar-refractivity contribution in [2.24, 2.45) is 0 Å². The molecule has 0 atom stereocenters. The summed E-state index contributed by atoms with van der Waals surface area (Å²) in [6.45, 7) is 0. The highest BCUT2D eigenvalue weighted by molar-refractivity contribution is 6.33. The number of carbonyl (C=O) groups excluding carboxylic acids is 1. The van der Waals surface area contributed by atoms with E-state index in [0.717, 1.165) is 22.4 Å². The molecule has 0 bridgehead atoms. The molecule has 0 unspecified atom stereocenters. The summed E-state index contributed by atoms with van der Waals surface area (Å²) in [5.74, 6) is -0.870. The van der Waals surface area contributed by atoms with E-state index in [9.17, 15) is 9.18 Å². The standard InChI is InChI=1S/C20H13ClFN3O/c21-16-10-13(22)8-9-17(16)23-20(26)19-11-18(24-25-19)15-7-3-5-12-4-1-2-6-14(12)15/h1-11H,(H,23,26)(H,24,25). The molecule has 4 rings (SSSR count). The molecule has 0 aliphatic carbocycles. The zero-order valence-electron chi connectivity index (χ0n) is 13.5. The highest BCUT2D eigenvalue weighted by Crippen LogP contribution is 2.28. The fourth-order valence-electron chi connectivity index (χ4n) is 2.81. The van der Waals surface area contributed by atoms with E-state index in [0.29, 0.717) is 11.4 Å². The van der Waals surface area contributed by atoms with Gasteiger partial charge in [0.05, 0.1) is 16.4 Å². The number of anilines is 1. The fourth-order valence-corrected chi connectivity index (χ4v) is 3.02. The summed E-state index contributed by atoms with van der Waals surface area (Å²) in [5, 5.41) is 11.9. The third-order valence-electron chi connectivity index (χ3n) is 4.07. The molecule has 3 aromatic carbocycles. The van der Waals surface area contributed by atoms with Crippen LogP contribution in [-0.4, -0.2) is 16.1 Å². The van der Waals surface area contributed by atoms with Crippen LogP contribution in [0.4, 0.5) is 10.1 Å². The zero-order valence-corrected chi connectivity index (χ0v) is 14.2. The summed E-state index contributed by atoms with van der Waals surface area (Å²) < 4.78 is 13.1. The molecule has 2 N–H and O–H groups in total. The van der Waals surface area contributed by atoms with Crippen molar-refractivity contribution in [1.29, 1.82) is 0 Å². The van der Waals surface area contributed by atoms with Gasteiger partial charge >= 0.3 is 0 Å². The Morgan fingerprint density at radius 3 is 2.69 bits per heavy atom. The van der Waals surface area contributed by atoms with Gasteiger partial charge in [0.2, 0.25) is 0 Å². The van der Waals surface area contributed by atoms with Crippen LogP contribution in [-0.2, 0) is 0 Å². The molecule has 4 nitrogen and oxygen atoms in total. The van der Waals surface area contributed by atoms with Crippen LogP contribution in [0.15, 0.2) is 66.7 Å². The van der Waals surface area contributed by atoms with Crippen LogP contribution in [0.1, 0.15) is 10.5 Å². The molecule has 26 heavy (non-hydrogen) atoms. The second-order valence-corrected chi connectivity index (χ2v) is 6.18. The number of amides is 1. The van der Waals surface area contributed by atoms with Gasteiger partial charge in [0.15, 0.2) is 0 Å². The second kappa shape index (κ2) is 6.61. The Balaban J connectivity index is 1.64. The summed E-state index contributed by atoms with van der Waals surface area (Å²) in [5.41, 5.74) is 2.21. The summed E-state index contributed by atoms with van der Waals surface area (Å²) in [7, 11) is 0. The molecule has 1 heterocycles. The van der Waals surface area contributed by atoms with Gasteiger partial charge in [-0.05, 0) is 35.0 Å². The van der Waals surface area contributed by atoms with E-state index in [4.69, 9.17) is 11.6 Å². The Morgan fingerprint density at radius 1 is 1.04 bits per heavy atom. The van der Waals surface area contributed by atoms with E-state index in [1.165, 1.54) is 12.1 Å². The van der Waals surface area contributed by atoms with Crippen LogP contribution in [0.5, 0.6) is 0 Å². The Bertz CT molecular complexity index is 1120. The van der Waals surface area contributed by atoms with Gasteiger partial charge in [-0.3, -0.25) is 9.89 Å². The number of aromatic nitrogens is 2. The summed E-state index contributed by atoms with van der Waals surface area (Å²) >= 11 is 5.95. The number of hydrogen-bond acceptors (Lipinski definition) is 2. The first kappa shape index (κ1) is 16.3. The first-order valence-electron chi connectivity index (χ1n) is 7.92. The minimum atomic E-state index is -0.465. The third-order valence-corrected chi connectivity index (χ3v) is 4.38. The lowest BCUT2D eigenvalue weighted by molar-refractivity contribution is 0.102. The molecule has 1 aromatic heterocycles. The Morgan fingerprint density at radius 2 is 1.85 bits per heavy atom. The normalized spacial score (nSPS) is 10.8. The average Bonchev–Trinajstić information content (AvgIpc) is 3.13. The summed E-state index contributed by atoms with van der Waals surface area (Å²) in [6, 6.07) is 19.4. The van der Waals surface area contributed by atoms with E-state index in [1.54, 1.807) is 6.07 Å². The van der Waals surface area contributed by atoms with Gasteiger partial charge in [-0.1, -0.05) is 54.1 Å². The van der Waals surface area contributed by atoms with Crippen molar-refractivity contribution in [3.05, 3.63) is 83.3 Å². The zero-order chi connectivity index (χ0) is 18.1. The molecule has 0 spiro atoms. The number of hydrogen-bond donors (Lipinski definition) is 2. The van der Waals surface area contributed by atoms with Crippen molar-refractivity contribution in [1.82, 2.24) is 10.2 Å². The number of nitrogens with zero attached hydrogens (tertiary/aromatic N) is 1. The lowest BCUT2D eigenvalue weighted by Gasteiger charge is -2.05. The van der Waals surface area contributed by atoms with Crippen molar-refractivity contribution >= 4 is 34.0 Å². The number of rotatable bonds is 3. The van der Waals surface area contributed by atoms with Crippen LogP contribution in [0.25, 0.3) is 22.0 Å². The van der Waals surface area contributed by atoms with E-state index >= 15 is 0 Å². The average molecular weight is 366 g/mol. The molecule has 0 aliphatic rings. The lowest BCUT2D eigenvalue weighted by Crippen LogP contribution is -2.12. The molecule has 4 aromatic rings. The number of halogens is 2. The van der Waals surface area contributed by atoms with Gasteiger partial charge in [0.1, 0.15) is 11.5 Å². The van der Waals surface area contributed by atoms with Gasteiger partial charge in [0.25, 0.3) is 5.91 Å². The van der Waals surface area contributed by atoms with E-state index in [1.807, 2.05) is 42.5 Å². The monoisotopic (exact) mass is 365 g/mol. The van der Waals surface area contributed by atoms with Crippen LogP contribution in [0.2, 0.25) is 5.02 Å². The van der Waals surface area contributed by atoms with Gasteiger partial charge < -0.3 is 5.32 Å². The van der Waals surface area contributed by atoms with Gasteiger partial charge in [0, 0.05) is 5.56 Å². The maximum absolute atomic E-state index is 13.1. The molecular formula is C20H13ClFN3O. The predicted molar refractivity (Wildman–Crippen MR) is 101 cm³/mol. The number of carbonyl (C=O) groups is 1. The van der Waals surface area contributed by atoms with E-state index < -0.39 is 11.7 Å². The smallest absolute Gasteiger partial charge is 0.273 e. The third kappa shape index (κ3) is 3.05. The quantitative estimate of drug-likeness (QED) is 0.519. The number of nitrogens with one attached hydrogen (secondary N) is 2. The predicted octanol–water partition coefficient (Wildman–Crippen LogP) is 5.27. The van der Waals surface area contributed by atoms with Gasteiger partial charge in [-0.2, -0.15) is 5.10 Å². The van der Waals surface area contributed by atoms with Crippen LogP contribution >= 0.6 is 11.6 Å². The highest BCUT2D eigenvalue weighted by Gasteiger charge is 2.14. The van der Waals surface area contributed by atoms with Gasteiger partial charge in [-0.25, -0.2) is 4.39 Å². The maximum Gasteiger partial charge on any atom is 0.273 e. The van der Waals surface area contributed by atoms with Crippen molar-refractivity contribution in [2.75, 3.05) is 5.32 Å². The Labute approximate surface area is 153 Å². The largest absolute Gasteiger partial charge is 0.319 e. The van der Waals surface area contributed by atoms with Crippen molar-refractivity contribution in [3.8, 4) is 11.3 Å². The number of fused-ring (bicyclic) bond motifs is 1. The fraction of sp³-hybridized carbons (Fsp3) is 0. The van der Waals surface area contributed by atoms with E-state index in [2.05, 4.69) is 15.5 Å². The van der Waals surface area contributed by atoms with Crippen LogP contribution in [0.3, 0.4) is 0 Å². The van der Waals surface area contributed by atoms with E-state index in [-0.39, 0.29) is 10.7 Å². The SMILES string of the molecule is O=C(Nc1ccc(F)cc1Cl)c1cc(-c2cccc3ccccc23)n[nH]1. The molecule has 0 aliphatic heterocycles. The molecule has 0 saturated heterocycles. The topological polar surface area (TPSA) is 57.8 Å². The molecule has 0 saturated carbocycles. The summed E-state index contributed by atoms with van der Waals surface area (Å²) in [4.78, 5) is 12.4. The Hall–Kier alpha value is -3.18. The highest BCUT2D eigenvalue weighted by atomic mass is 35.5. The summed E-state index contributed by atoms with van der Waals surface area (Å²) in [6.07, 6.45) is 0. The lowest BCUT2D eigenvalue weighted by atomic mass is 10.0. The van der Waals surface area contributed by atoms with Crippen LogP contribution in [0, 0.1) is 5.82 Å². The van der Waals surface area contributed by atoms with Crippen molar-refractivity contribution in [2.45, 2.75) is 0 Å².